The summed E-state index contributed by atoms with van der Waals surface area (Å²) >= 11 is 0. The summed E-state index contributed by atoms with van der Waals surface area (Å²) in [5.74, 6) is 1.14. The van der Waals surface area contributed by atoms with Crippen molar-refractivity contribution >= 4 is 21.6 Å². The minimum Gasteiger partial charge on any atom is -0.497 e. The lowest BCUT2D eigenvalue weighted by Crippen LogP contribution is -2.35. The van der Waals surface area contributed by atoms with Crippen LogP contribution in [0.3, 0.4) is 0 Å². The van der Waals surface area contributed by atoms with Gasteiger partial charge in [-0.3, -0.25) is 4.79 Å². The van der Waals surface area contributed by atoms with E-state index in [1.807, 2.05) is 18.2 Å². The molecule has 0 aliphatic rings. The molecule has 0 bridgehead atoms. The number of benzene rings is 3. The quantitative estimate of drug-likeness (QED) is 0.593. The third-order valence-electron chi connectivity index (χ3n) is 4.27. The van der Waals surface area contributed by atoms with Crippen LogP contribution in [0, 0.1) is 0 Å². The number of likely N-dealkylation sites (N-methyl/N-ethyl adjacent to an activating group) is 1. The summed E-state index contributed by atoms with van der Waals surface area (Å²) in [6.45, 7) is -0.353. The molecule has 0 aliphatic carbocycles. The van der Waals surface area contributed by atoms with Crippen molar-refractivity contribution in [2.45, 2.75) is 4.90 Å². The number of amides is 1. The predicted octanol–water partition coefficient (Wildman–Crippen LogP) is 3.75. The van der Waals surface area contributed by atoms with E-state index in [1.165, 1.54) is 26.3 Å². The Balaban J connectivity index is 1.69. The number of nitrogens with one attached hydrogen (secondary N) is 1. The molecule has 0 saturated heterocycles. The Hall–Kier alpha value is -3.36. The van der Waals surface area contributed by atoms with Gasteiger partial charge in [-0.25, -0.2) is 8.42 Å². The normalized spacial score (nSPS) is 11.2. The zero-order valence-electron chi connectivity index (χ0n) is 16.6. The van der Waals surface area contributed by atoms with Crippen LogP contribution < -0.4 is 14.8 Å². The van der Waals surface area contributed by atoms with Gasteiger partial charge in [-0.2, -0.15) is 4.31 Å². The van der Waals surface area contributed by atoms with Crippen LogP contribution in [0.4, 0.5) is 5.69 Å². The lowest BCUT2D eigenvalue weighted by molar-refractivity contribution is -0.116. The Morgan fingerprint density at radius 1 is 0.900 bits per heavy atom. The molecule has 0 aliphatic heterocycles. The number of sulfonamides is 1. The van der Waals surface area contributed by atoms with Crippen molar-refractivity contribution in [3.05, 3.63) is 78.9 Å². The van der Waals surface area contributed by atoms with Gasteiger partial charge in [-0.15, -0.1) is 0 Å². The molecule has 8 heteroatoms. The van der Waals surface area contributed by atoms with E-state index in [1.54, 1.807) is 48.5 Å². The Morgan fingerprint density at radius 2 is 1.53 bits per heavy atom. The number of carbonyl (C=O) groups excluding carboxylic acids is 1. The van der Waals surface area contributed by atoms with Gasteiger partial charge in [0.2, 0.25) is 15.9 Å². The van der Waals surface area contributed by atoms with Gasteiger partial charge < -0.3 is 14.8 Å². The van der Waals surface area contributed by atoms with E-state index >= 15 is 0 Å². The van der Waals surface area contributed by atoms with Crippen LogP contribution in [0.2, 0.25) is 0 Å². The maximum Gasteiger partial charge on any atom is 0.243 e. The number of carbonyl (C=O) groups is 1. The molecule has 3 rings (SSSR count). The summed E-state index contributed by atoms with van der Waals surface area (Å²) in [6.07, 6.45) is 0. The van der Waals surface area contributed by atoms with Gasteiger partial charge in [0.1, 0.15) is 11.5 Å². The fourth-order valence-electron chi connectivity index (χ4n) is 2.68. The van der Waals surface area contributed by atoms with E-state index in [0.29, 0.717) is 22.9 Å². The van der Waals surface area contributed by atoms with Crippen LogP contribution in [0.1, 0.15) is 0 Å². The molecule has 7 nitrogen and oxygen atoms in total. The largest absolute Gasteiger partial charge is 0.497 e. The Morgan fingerprint density at radius 3 is 2.20 bits per heavy atom. The van der Waals surface area contributed by atoms with E-state index in [0.717, 1.165) is 4.31 Å². The highest BCUT2D eigenvalue weighted by atomic mass is 32.2. The number of hydrogen-bond donors (Lipinski definition) is 1. The molecule has 0 heterocycles. The first-order valence-corrected chi connectivity index (χ1v) is 10.6. The SMILES string of the molecule is COc1ccc(S(=O)(=O)N(C)CC(=O)Nc2ccccc2Oc2ccccc2)cc1. The summed E-state index contributed by atoms with van der Waals surface area (Å²) in [4.78, 5) is 12.6. The van der Waals surface area contributed by atoms with Gasteiger partial charge in [0.15, 0.2) is 5.75 Å². The van der Waals surface area contributed by atoms with Gasteiger partial charge in [0.25, 0.3) is 0 Å². The fraction of sp³-hybridized carbons (Fsp3) is 0.136. The van der Waals surface area contributed by atoms with E-state index in [2.05, 4.69) is 5.32 Å². The smallest absolute Gasteiger partial charge is 0.243 e. The average Bonchev–Trinajstić information content (AvgIpc) is 2.75. The van der Waals surface area contributed by atoms with Gasteiger partial charge in [0.05, 0.1) is 24.2 Å². The maximum atomic E-state index is 12.7. The number of ether oxygens (including phenoxy) is 2. The molecule has 0 radical (unpaired) electrons. The van der Waals surface area contributed by atoms with E-state index in [-0.39, 0.29) is 11.4 Å². The third-order valence-corrected chi connectivity index (χ3v) is 6.08. The molecule has 156 valence electrons. The maximum absolute atomic E-state index is 12.7. The van der Waals surface area contributed by atoms with Crippen LogP contribution >= 0.6 is 0 Å². The van der Waals surface area contributed by atoms with Crippen LogP contribution in [-0.2, 0) is 14.8 Å². The summed E-state index contributed by atoms with van der Waals surface area (Å²) in [6, 6.07) is 22.1. The number of nitrogens with zero attached hydrogens (tertiary/aromatic N) is 1. The van der Waals surface area contributed by atoms with Crippen molar-refractivity contribution < 1.29 is 22.7 Å². The summed E-state index contributed by atoms with van der Waals surface area (Å²) < 4.78 is 37.3. The zero-order chi connectivity index (χ0) is 21.6. The van der Waals surface area contributed by atoms with Crippen molar-refractivity contribution in [1.29, 1.82) is 0 Å². The standard InChI is InChI=1S/C22H22N2O5S/c1-24(30(26,27)19-14-12-17(28-2)13-15-19)16-22(25)23-20-10-6-7-11-21(20)29-18-8-4-3-5-9-18/h3-15H,16H2,1-2H3,(H,23,25). The van der Waals surface area contributed by atoms with Crippen molar-refractivity contribution in [2.24, 2.45) is 0 Å². The van der Waals surface area contributed by atoms with Crippen molar-refractivity contribution in [2.75, 3.05) is 26.0 Å². The molecule has 3 aromatic carbocycles. The van der Waals surface area contributed by atoms with E-state index in [4.69, 9.17) is 9.47 Å². The number of rotatable bonds is 8. The summed E-state index contributed by atoms with van der Waals surface area (Å²) in [5.41, 5.74) is 0.446. The monoisotopic (exact) mass is 426 g/mol. The first kappa shape index (κ1) is 21.4. The molecule has 0 atom stereocenters. The lowest BCUT2D eigenvalue weighted by Gasteiger charge is -2.18. The number of hydrogen-bond acceptors (Lipinski definition) is 5. The molecule has 1 N–H and O–H groups in total. The third kappa shape index (κ3) is 5.16. The Labute approximate surface area is 175 Å². The topological polar surface area (TPSA) is 84.9 Å². The first-order chi connectivity index (χ1) is 14.4. The molecule has 3 aromatic rings. The number of para-hydroxylation sites is 3. The Kier molecular flexibility index (Phi) is 6.71. The van der Waals surface area contributed by atoms with Crippen molar-refractivity contribution in [3.63, 3.8) is 0 Å². The average molecular weight is 426 g/mol. The molecule has 0 saturated carbocycles. The highest BCUT2D eigenvalue weighted by Crippen LogP contribution is 2.29. The van der Waals surface area contributed by atoms with Crippen LogP contribution in [-0.4, -0.2) is 39.3 Å². The summed E-state index contributed by atoms with van der Waals surface area (Å²) in [7, 11) is -0.972. The number of methoxy groups -OCH3 is 1. The van der Waals surface area contributed by atoms with Gasteiger partial charge in [0, 0.05) is 7.05 Å². The van der Waals surface area contributed by atoms with Gasteiger partial charge in [-0.1, -0.05) is 30.3 Å². The number of anilines is 1. The highest BCUT2D eigenvalue weighted by molar-refractivity contribution is 7.89. The molecule has 30 heavy (non-hydrogen) atoms. The van der Waals surface area contributed by atoms with Crippen LogP contribution in [0.25, 0.3) is 0 Å². The Bertz CT molecular complexity index is 1100. The minimum atomic E-state index is -3.82. The molecule has 1 amide bonds. The summed E-state index contributed by atoms with van der Waals surface area (Å²) in [5, 5.41) is 2.71. The van der Waals surface area contributed by atoms with Crippen molar-refractivity contribution in [1.82, 2.24) is 4.31 Å². The van der Waals surface area contributed by atoms with Crippen LogP contribution in [0.5, 0.6) is 17.2 Å². The molecular weight excluding hydrogens is 404 g/mol. The molecule has 0 unspecified atom stereocenters. The van der Waals surface area contributed by atoms with E-state index < -0.39 is 15.9 Å². The van der Waals surface area contributed by atoms with E-state index in [9.17, 15) is 13.2 Å². The minimum absolute atomic E-state index is 0.0754. The van der Waals surface area contributed by atoms with Gasteiger partial charge >= 0.3 is 0 Å². The fourth-order valence-corrected chi connectivity index (χ4v) is 3.81. The predicted molar refractivity (Wildman–Crippen MR) is 114 cm³/mol. The second kappa shape index (κ2) is 9.43. The molecular formula is C22H22N2O5S. The lowest BCUT2D eigenvalue weighted by atomic mass is 10.3. The second-order valence-corrected chi connectivity index (χ2v) is 8.44. The zero-order valence-corrected chi connectivity index (χ0v) is 17.4. The van der Waals surface area contributed by atoms with Gasteiger partial charge in [-0.05, 0) is 48.5 Å². The first-order valence-electron chi connectivity index (χ1n) is 9.12. The molecule has 0 spiro atoms. The molecule has 0 aromatic heterocycles. The highest BCUT2D eigenvalue weighted by Gasteiger charge is 2.23. The molecule has 0 fully saturated rings. The van der Waals surface area contributed by atoms with Crippen molar-refractivity contribution in [3.8, 4) is 17.2 Å². The second-order valence-electron chi connectivity index (χ2n) is 6.40. The van der Waals surface area contributed by atoms with Crippen LogP contribution in [0.15, 0.2) is 83.8 Å².